The third-order valence-corrected chi connectivity index (χ3v) is 5.34. The maximum Gasteiger partial charge on any atom is 0.470 e. The number of aromatic nitrogens is 1. The van der Waals surface area contributed by atoms with Gasteiger partial charge in [-0.2, -0.15) is 0 Å². The molecule has 8 heteroatoms. The molecule has 1 N–H and O–H groups in total. The van der Waals surface area contributed by atoms with Crippen LogP contribution in [0.15, 0.2) is 67.0 Å². The van der Waals surface area contributed by atoms with Crippen molar-refractivity contribution in [3.8, 4) is 11.5 Å². The number of fused-ring (bicyclic) bond motifs is 1. The lowest BCUT2D eigenvalue weighted by Gasteiger charge is -2.05. The number of anilines is 1. The summed E-state index contributed by atoms with van der Waals surface area (Å²) in [6, 6.07) is 14.6. The van der Waals surface area contributed by atoms with E-state index in [2.05, 4.69) is 4.72 Å². The lowest BCUT2D eigenvalue weighted by Crippen LogP contribution is -2.46. The molecule has 0 unspecified atom stereocenters. The topological polar surface area (TPSA) is 68.5 Å². The van der Waals surface area contributed by atoms with E-state index >= 15 is 0 Å². The van der Waals surface area contributed by atoms with E-state index in [0.717, 1.165) is 9.54 Å². The van der Waals surface area contributed by atoms with E-state index in [0.29, 0.717) is 17.1 Å². The molecule has 0 saturated heterocycles. The van der Waals surface area contributed by atoms with Crippen LogP contribution in [0.1, 0.15) is 11.1 Å². The van der Waals surface area contributed by atoms with E-state index in [1.54, 1.807) is 36.4 Å². The number of nitrogens with one attached hydrogen (secondary N) is 1. The van der Waals surface area contributed by atoms with Crippen molar-refractivity contribution < 1.29 is 26.3 Å². The van der Waals surface area contributed by atoms with Gasteiger partial charge in [-0.3, -0.25) is 0 Å². The minimum absolute atomic E-state index is 0.128. The first-order chi connectivity index (χ1) is 13.5. The Morgan fingerprint density at radius 2 is 1.61 bits per heavy atom. The van der Waals surface area contributed by atoms with E-state index in [4.69, 9.17) is 9.47 Å². The van der Waals surface area contributed by atoms with Gasteiger partial charge in [0, 0.05) is 12.1 Å². The molecule has 28 heavy (non-hydrogen) atoms. The number of pyridine rings is 1. The summed E-state index contributed by atoms with van der Waals surface area (Å²) in [5, 5.41) is 0. The zero-order valence-electron chi connectivity index (χ0n) is 14.6. The molecule has 1 aromatic heterocycles. The van der Waals surface area contributed by atoms with Crippen molar-refractivity contribution in [2.24, 2.45) is 0 Å². The molecule has 2 heterocycles. The third-order valence-electron chi connectivity index (χ3n) is 4.06. The van der Waals surface area contributed by atoms with Crippen LogP contribution in [0, 0.1) is 5.82 Å². The Balaban J connectivity index is 1.52. The van der Waals surface area contributed by atoms with Crippen LogP contribution < -0.4 is 18.2 Å². The van der Waals surface area contributed by atoms with E-state index in [1.807, 2.05) is 18.2 Å². The summed E-state index contributed by atoms with van der Waals surface area (Å²) in [4.78, 5) is 0. The third kappa shape index (κ3) is 3.81. The second-order valence-electron chi connectivity index (χ2n) is 6.00. The first-order valence-electron chi connectivity index (χ1n) is 8.38. The first-order valence-corrected chi connectivity index (χ1v) is 9.82. The number of halogens is 1. The van der Waals surface area contributed by atoms with Crippen LogP contribution in [0.25, 0.3) is 12.2 Å². The van der Waals surface area contributed by atoms with Crippen LogP contribution in [0.2, 0.25) is 0 Å². The highest BCUT2D eigenvalue weighted by atomic mass is 32.2. The molecule has 0 fully saturated rings. The molecule has 0 atom stereocenters. The molecule has 0 spiro atoms. The smallest absolute Gasteiger partial charge is 0.454 e. The molecule has 1 aliphatic rings. The average Bonchev–Trinajstić information content (AvgIpc) is 3.17. The Morgan fingerprint density at radius 3 is 2.36 bits per heavy atom. The lowest BCUT2D eigenvalue weighted by atomic mass is 10.1. The zero-order chi connectivity index (χ0) is 19.6. The van der Waals surface area contributed by atoms with Crippen molar-refractivity contribution in [2.75, 3.05) is 11.5 Å². The molecule has 2 aromatic carbocycles. The van der Waals surface area contributed by atoms with Crippen LogP contribution in [0.3, 0.4) is 0 Å². The molecule has 4 rings (SSSR count). The predicted octanol–water partition coefficient (Wildman–Crippen LogP) is 3.22. The number of ether oxygens (including phenoxy) is 2. The summed E-state index contributed by atoms with van der Waals surface area (Å²) in [5.41, 5.74) is 1.33. The van der Waals surface area contributed by atoms with Crippen LogP contribution in [0.5, 0.6) is 11.5 Å². The maximum absolute atomic E-state index is 14.4. The second-order valence-corrected chi connectivity index (χ2v) is 7.57. The van der Waals surface area contributed by atoms with Gasteiger partial charge in [0.2, 0.25) is 6.79 Å². The maximum atomic E-state index is 14.4. The monoisotopic (exact) mass is 399 g/mol. The summed E-state index contributed by atoms with van der Waals surface area (Å²) < 4.78 is 52.8. The van der Waals surface area contributed by atoms with Crippen LogP contribution in [-0.2, 0) is 10.2 Å². The summed E-state index contributed by atoms with van der Waals surface area (Å²) in [6.07, 6.45) is 6.26. The molecule has 142 valence electrons. The molecule has 1 aliphatic heterocycles. The van der Waals surface area contributed by atoms with Gasteiger partial charge in [0.05, 0.1) is 5.69 Å². The van der Waals surface area contributed by atoms with Gasteiger partial charge in [0.25, 0.3) is 0 Å². The van der Waals surface area contributed by atoms with Crippen LogP contribution >= 0.6 is 0 Å². The Bertz CT molecular complexity index is 1150. The molecule has 0 saturated carbocycles. The van der Waals surface area contributed by atoms with Gasteiger partial charge in [0.1, 0.15) is 5.82 Å². The normalized spacial score (nSPS) is 13.0. The Hall–Kier alpha value is -3.39. The SMILES string of the molecule is O=S(=O)(Nc1ccc(/C=C/c2ccc3c(c2)OCO3)cc1F)[n+]1ccccc1. The van der Waals surface area contributed by atoms with Crippen molar-refractivity contribution in [3.05, 3.63) is 83.9 Å². The van der Waals surface area contributed by atoms with Crippen LogP contribution in [-0.4, -0.2) is 15.2 Å². The quantitative estimate of drug-likeness (QED) is 0.528. The van der Waals surface area contributed by atoms with Crippen molar-refractivity contribution in [3.63, 3.8) is 0 Å². The van der Waals surface area contributed by atoms with E-state index < -0.39 is 16.0 Å². The molecular formula is C20H16FN2O4S+. The van der Waals surface area contributed by atoms with Gasteiger partial charge in [-0.25, -0.2) is 9.11 Å². The van der Waals surface area contributed by atoms with Gasteiger partial charge in [0.15, 0.2) is 23.9 Å². The van der Waals surface area contributed by atoms with E-state index in [9.17, 15) is 12.8 Å². The number of nitrogens with zero attached hydrogens (tertiary/aromatic N) is 1. The lowest BCUT2D eigenvalue weighted by molar-refractivity contribution is -0.510. The van der Waals surface area contributed by atoms with Gasteiger partial charge >= 0.3 is 10.2 Å². The van der Waals surface area contributed by atoms with Gasteiger partial charge in [-0.1, -0.05) is 34.3 Å². The van der Waals surface area contributed by atoms with Crippen molar-refractivity contribution in [2.45, 2.75) is 0 Å². The Morgan fingerprint density at radius 1 is 0.929 bits per heavy atom. The molecule has 6 nitrogen and oxygen atoms in total. The Kier molecular flexibility index (Phi) is 4.70. The summed E-state index contributed by atoms with van der Waals surface area (Å²) in [6.45, 7) is 0.201. The van der Waals surface area contributed by atoms with Crippen molar-refractivity contribution in [1.82, 2.24) is 0 Å². The van der Waals surface area contributed by atoms with Crippen molar-refractivity contribution >= 4 is 28.0 Å². The molecule has 0 aliphatic carbocycles. The summed E-state index contributed by atoms with van der Waals surface area (Å²) in [5.74, 6) is 0.681. The number of hydrogen-bond acceptors (Lipinski definition) is 4. The molecule has 3 aromatic rings. The fraction of sp³-hybridized carbons (Fsp3) is 0.0500. The van der Waals surface area contributed by atoms with Gasteiger partial charge < -0.3 is 9.47 Å². The number of benzene rings is 2. The molecule has 0 radical (unpaired) electrons. The summed E-state index contributed by atoms with van der Waals surface area (Å²) >= 11 is 0. The van der Waals surface area contributed by atoms with E-state index in [1.165, 1.54) is 24.5 Å². The fourth-order valence-electron chi connectivity index (χ4n) is 2.66. The van der Waals surface area contributed by atoms with Crippen molar-refractivity contribution in [1.29, 1.82) is 0 Å². The molecule has 0 bridgehead atoms. The molecular weight excluding hydrogens is 383 g/mol. The first kappa shape index (κ1) is 18.0. The second kappa shape index (κ2) is 7.32. The minimum Gasteiger partial charge on any atom is -0.454 e. The highest BCUT2D eigenvalue weighted by molar-refractivity contribution is 7.86. The Labute approximate surface area is 161 Å². The predicted molar refractivity (Wildman–Crippen MR) is 102 cm³/mol. The highest BCUT2D eigenvalue weighted by Gasteiger charge is 2.22. The average molecular weight is 399 g/mol. The van der Waals surface area contributed by atoms with Crippen LogP contribution in [0.4, 0.5) is 10.1 Å². The minimum atomic E-state index is -3.93. The largest absolute Gasteiger partial charge is 0.470 e. The van der Waals surface area contributed by atoms with E-state index in [-0.39, 0.29) is 12.5 Å². The number of rotatable bonds is 5. The molecule has 0 amide bonds. The fourth-order valence-corrected chi connectivity index (χ4v) is 3.67. The number of hydrogen-bond donors (Lipinski definition) is 1. The zero-order valence-corrected chi connectivity index (χ0v) is 15.4. The van der Waals surface area contributed by atoms with Gasteiger partial charge in [-0.05, 0) is 35.4 Å². The standard InChI is InChI=1S/C20H16FN2O4S/c21-17-12-15(4-5-16-7-9-19-20(13-16)27-14-26-19)6-8-18(17)22-28(24,25)23-10-2-1-3-11-23/h1-13,22H,14H2/q+1/b5-4+. The highest BCUT2D eigenvalue weighted by Crippen LogP contribution is 2.33. The van der Waals surface area contributed by atoms with Gasteiger partial charge in [-0.15, -0.1) is 8.42 Å². The summed E-state index contributed by atoms with van der Waals surface area (Å²) in [7, 11) is -3.93.